The van der Waals surface area contributed by atoms with Crippen molar-refractivity contribution in [3.8, 4) is 0 Å². The Morgan fingerprint density at radius 3 is 2.50 bits per heavy atom. The van der Waals surface area contributed by atoms with Gasteiger partial charge < -0.3 is 10.4 Å². The summed E-state index contributed by atoms with van der Waals surface area (Å²) in [7, 11) is 0. The first-order valence-corrected chi connectivity index (χ1v) is 9.80. The normalized spacial score (nSPS) is 29.3. The first-order chi connectivity index (χ1) is 11.5. The third kappa shape index (κ3) is 4.32. The molecule has 1 heterocycles. The molecule has 134 valence electrons. The Kier molecular flexibility index (Phi) is 5.86. The summed E-state index contributed by atoms with van der Waals surface area (Å²) < 4.78 is 0. The molecule has 0 amide bonds. The van der Waals surface area contributed by atoms with Gasteiger partial charge in [-0.1, -0.05) is 43.0 Å². The maximum Gasteiger partial charge on any atom is 0.0728 e. The van der Waals surface area contributed by atoms with Crippen LogP contribution in [0.4, 0.5) is 0 Å². The van der Waals surface area contributed by atoms with Crippen LogP contribution in [0.2, 0.25) is 5.02 Å². The van der Waals surface area contributed by atoms with Gasteiger partial charge in [0.05, 0.1) is 5.60 Å². The van der Waals surface area contributed by atoms with Crippen LogP contribution in [0.3, 0.4) is 0 Å². The van der Waals surface area contributed by atoms with E-state index in [0.29, 0.717) is 12.1 Å². The van der Waals surface area contributed by atoms with Crippen molar-refractivity contribution in [2.24, 2.45) is 0 Å². The van der Waals surface area contributed by atoms with Crippen LogP contribution in [0.1, 0.15) is 57.4 Å². The highest BCUT2D eigenvalue weighted by Crippen LogP contribution is 2.41. The largest absolute Gasteiger partial charge is 0.389 e. The highest BCUT2D eigenvalue weighted by atomic mass is 35.5. The summed E-state index contributed by atoms with van der Waals surface area (Å²) in [6.45, 7) is 7.47. The molecule has 1 saturated heterocycles. The monoisotopic (exact) mass is 350 g/mol. The van der Waals surface area contributed by atoms with E-state index >= 15 is 0 Å². The molecule has 1 saturated carbocycles. The minimum absolute atomic E-state index is 0.133. The van der Waals surface area contributed by atoms with Crippen LogP contribution in [-0.4, -0.2) is 47.3 Å². The average molecular weight is 351 g/mol. The van der Waals surface area contributed by atoms with Crippen molar-refractivity contribution in [2.75, 3.05) is 19.6 Å². The van der Waals surface area contributed by atoms with Crippen molar-refractivity contribution < 1.29 is 5.11 Å². The highest BCUT2D eigenvalue weighted by molar-refractivity contribution is 6.30. The van der Waals surface area contributed by atoms with Crippen LogP contribution < -0.4 is 5.32 Å². The van der Waals surface area contributed by atoms with Crippen molar-refractivity contribution in [1.29, 1.82) is 0 Å². The number of hydrogen-bond acceptors (Lipinski definition) is 3. The summed E-state index contributed by atoms with van der Waals surface area (Å²) in [5.41, 5.74) is 0.589. The summed E-state index contributed by atoms with van der Waals surface area (Å²) in [6.07, 6.45) is 5.30. The molecule has 24 heavy (non-hydrogen) atoms. The zero-order valence-corrected chi connectivity index (χ0v) is 15.7. The Balaban J connectivity index is 1.84. The molecule has 1 aromatic rings. The number of nitrogens with one attached hydrogen (secondary N) is 1. The molecule has 3 nitrogen and oxygen atoms in total. The standard InChI is InChI=1S/C20H31ClN2O/c1-15-12-23(13-16(2)22-15)14-19(17-7-6-8-18(21)11-17)20(24)9-4-3-5-10-20/h6-8,11,15-16,19,22,24H,3-5,9-10,12-14H2,1-2H3/t15-,16+,19?. The smallest absolute Gasteiger partial charge is 0.0728 e. The van der Waals surface area contributed by atoms with E-state index in [4.69, 9.17) is 11.6 Å². The lowest BCUT2D eigenvalue weighted by molar-refractivity contribution is -0.0337. The summed E-state index contributed by atoms with van der Waals surface area (Å²) in [6, 6.07) is 9.11. The summed E-state index contributed by atoms with van der Waals surface area (Å²) in [5.74, 6) is 0.133. The number of aliphatic hydroxyl groups is 1. The van der Waals surface area contributed by atoms with Crippen molar-refractivity contribution in [3.05, 3.63) is 34.9 Å². The molecule has 1 aliphatic heterocycles. The molecule has 3 rings (SSSR count). The Hall–Kier alpha value is -0.610. The molecule has 1 unspecified atom stereocenters. The van der Waals surface area contributed by atoms with E-state index in [1.54, 1.807) is 0 Å². The van der Waals surface area contributed by atoms with Gasteiger partial charge in [0.15, 0.2) is 0 Å². The number of nitrogens with zero attached hydrogens (tertiary/aromatic N) is 1. The second-order valence-corrected chi connectivity index (χ2v) is 8.40. The third-order valence-electron chi connectivity index (χ3n) is 5.69. The predicted octanol–water partition coefficient (Wildman–Crippen LogP) is 3.80. The maximum atomic E-state index is 11.5. The van der Waals surface area contributed by atoms with E-state index in [1.165, 1.54) is 12.0 Å². The Morgan fingerprint density at radius 1 is 1.21 bits per heavy atom. The Labute approximate surface area is 151 Å². The van der Waals surface area contributed by atoms with E-state index in [0.717, 1.165) is 50.3 Å². The minimum Gasteiger partial charge on any atom is -0.389 e. The molecule has 0 aromatic heterocycles. The second-order valence-electron chi connectivity index (χ2n) is 7.96. The molecule has 4 heteroatoms. The molecule has 0 spiro atoms. The van der Waals surface area contributed by atoms with E-state index in [1.807, 2.05) is 18.2 Å². The van der Waals surface area contributed by atoms with Gasteiger partial charge in [0, 0.05) is 42.7 Å². The van der Waals surface area contributed by atoms with Crippen LogP contribution in [-0.2, 0) is 0 Å². The Morgan fingerprint density at radius 2 is 1.88 bits per heavy atom. The zero-order valence-electron chi connectivity index (χ0n) is 15.0. The minimum atomic E-state index is -0.597. The summed E-state index contributed by atoms with van der Waals surface area (Å²) >= 11 is 6.26. The zero-order chi connectivity index (χ0) is 17.2. The van der Waals surface area contributed by atoms with Crippen LogP contribution in [0.5, 0.6) is 0 Å². The maximum absolute atomic E-state index is 11.5. The Bertz CT molecular complexity index is 534. The first kappa shape index (κ1) is 18.2. The molecular weight excluding hydrogens is 320 g/mol. The van der Waals surface area contributed by atoms with Crippen LogP contribution in [0.15, 0.2) is 24.3 Å². The van der Waals surface area contributed by atoms with E-state index in [2.05, 4.69) is 30.1 Å². The fraction of sp³-hybridized carbons (Fsp3) is 0.700. The number of piperazine rings is 1. The van der Waals surface area contributed by atoms with Gasteiger partial charge in [0.25, 0.3) is 0 Å². The fourth-order valence-electron chi connectivity index (χ4n) is 4.67. The predicted molar refractivity (Wildman–Crippen MR) is 101 cm³/mol. The number of rotatable bonds is 4. The van der Waals surface area contributed by atoms with Crippen molar-refractivity contribution in [2.45, 2.75) is 69.6 Å². The van der Waals surface area contributed by atoms with Gasteiger partial charge in [-0.3, -0.25) is 4.90 Å². The van der Waals surface area contributed by atoms with Gasteiger partial charge in [0.2, 0.25) is 0 Å². The number of benzene rings is 1. The van der Waals surface area contributed by atoms with Crippen molar-refractivity contribution in [3.63, 3.8) is 0 Å². The molecular formula is C20H31ClN2O. The van der Waals surface area contributed by atoms with E-state index in [-0.39, 0.29) is 5.92 Å². The lowest BCUT2D eigenvalue weighted by atomic mass is 9.72. The van der Waals surface area contributed by atoms with Crippen LogP contribution in [0, 0.1) is 0 Å². The van der Waals surface area contributed by atoms with Gasteiger partial charge in [0.1, 0.15) is 0 Å². The molecule has 1 aromatic carbocycles. The second kappa shape index (κ2) is 7.74. The van der Waals surface area contributed by atoms with Crippen LogP contribution in [0.25, 0.3) is 0 Å². The molecule has 3 atom stereocenters. The molecule has 0 bridgehead atoms. The van der Waals surface area contributed by atoms with Gasteiger partial charge in [-0.2, -0.15) is 0 Å². The average Bonchev–Trinajstić information content (AvgIpc) is 2.52. The first-order valence-electron chi connectivity index (χ1n) is 9.42. The molecule has 2 aliphatic rings. The quantitative estimate of drug-likeness (QED) is 0.867. The third-order valence-corrected chi connectivity index (χ3v) is 5.93. The lowest BCUT2D eigenvalue weighted by Gasteiger charge is -2.44. The lowest BCUT2D eigenvalue weighted by Crippen LogP contribution is -2.56. The van der Waals surface area contributed by atoms with Gasteiger partial charge >= 0.3 is 0 Å². The van der Waals surface area contributed by atoms with E-state index in [9.17, 15) is 5.11 Å². The van der Waals surface area contributed by atoms with Crippen molar-refractivity contribution in [1.82, 2.24) is 10.2 Å². The molecule has 0 radical (unpaired) electrons. The topological polar surface area (TPSA) is 35.5 Å². The van der Waals surface area contributed by atoms with Gasteiger partial charge in [-0.15, -0.1) is 0 Å². The molecule has 2 N–H and O–H groups in total. The summed E-state index contributed by atoms with van der Waals surface area (Å²) in [4.78, 5) is 2.52. The number of hydrogen-bond donors (Lipinski definition) is 2. The van der Waals surface area contributed by atoms with Crippen molar-refractivity contribution >= 4 is 11.6 Å². The van der Waals surface area contributed by atoms with Crippen LogP contribution >= 0.6 is 11.6 Å². The molecule has 2 fully saturated rings. The van der Waals surface area contributed by atoms with E-state index < -0.39 is 5.60 Å². The molecule has 1 aliphatic carbocycles. The fourth-order valence-corrected chi connectivity index (χ4v) is 4.87. The highest BCUT2D eigenvalue weighted by Gasteiger charge is 2.40. The number of halogens is 1. The summed E-state index contributed by atoms with van der Waals surface area (Å²) in [5, 5.41) is 15.8. The van der Waals surface area contributed by atoms with Gasteiger partial charge in [-0.05, 0) is 44.4 Å². The SMILES string of the molecule is C[C@@H]1CN(CC(c2cccc(Cl)c2)C2(O)CCCCC2)C[C@H](C)N1. The van der Waals surface area contributed by atoms with Gasteiger partial charge in [-0.25, -0.2) is 0 Å².